The van der Waals surface area contributed by atoms with Gasteiger partial charge in [0.05, 0.1) is 18.6 Å². The topological polar surface area (TPSA) is 87.9 Å². The molecule has 2 aliphatic rings. The summed E-state index contributed by atoms with van der Waals surface area (Å²) in [4.78, 5) is 28.9. The Morgan fingerprint density at radius 3 is 2.46 bits per heavy atom. The highest BCUT2D eigenvalue weighted by molar-refractivity contribution is 6.27. The number of carbonyl (C=O) groups is 2. The average molecular weight is 331 g/mol. The minimum Gasteiger partial charge on any atom is -0.497 e. The van der Waals surface area contributed by atoms with Gasteiger partial charge in [-0.2, -0.15) is 0 Å². The molecule has 0 saturated heterocycles. The van der Waals surface area contributed by atoms with Crippen LogP contribution in [-0.4, -0.2) is 35.3 Å². The number of cyclic esters (lactones) is 2. The maximum atomic E-state index is 12.4. The second-order valence-electron chi connectivity index (χ2n) is 6.29. The Kier molecular flexibility index (Phi) is 3.79. The van der Waals surface area contributed by atoms with Crippen molar-refractivity contribution in [2.45, 2.75) is 31.8 Å². The van der Waals surface area contributed by atoms with Crippen molar-refractivity contribution in [3.05, 3.63) is 46.7 Å². The van der Waals surface area contributed by atoms with Crippen LogP contribution in [-0.2, 0) is 19.2 Å². The molecule has 0 N–H and O–H groups in total. The Bertz CT molecular complexity index is 760. The van der Waals surface area contributed by atoms with Gasteiger partial charge in [-0.05, 0) is 38.0 Å². The van der Waals surface area contributed by atoms with Crippen LogP contribution in [0.25, 0.3) is 0 Å². The van der Waals surface area contributed by atoms with Gasteiger partial charge in [0, 0.05) is 11.0 Å². The van der Waals surface area contributed by atoms with Crippen molar-refractivity contribution in [1.82, 2.24) is 0 Å². The lowest BCUT2D eigenvalue weighted by molar-refractivity contribution is -0.769. The van der Waals surface area contributed by atoms with E-state index < -0.39 is 23.5 Å². The van der Waals surface area contributed by atoms with Crippen LogP contribution in [0.4, 0.5) is 0 Å². The van der Waals surface area contributed by atoms with E-state index >= 15 is 0 Å². The molecule has 1 aromatic carbocycles. The molecule has 2 heterocycles. The summed E-state index contributed by atoms with van der Waals surface area (Å²) in [5, 5.41) is 12.4. The number of carbonyl (C=O) groups excluding carboxylic acids is 2. The number of rotatable bonds is 3. The number of hydrogen-bond acceptors (Lipinski definition) is 6. The van der Waals surface area contributed by atoms with E-state index in [1.807, 2.05) is 12.1 Å². The van der Waals surface area contributed by atoms with E-state index in [0.29, 0.717) is 17.1 Å². The van der Waals surface area contributed by atoms with Crippen LogP contribution >= 0.6 is 0 Å². The zero-order valence-corrected chi connectivity index (χ0v) is 13.6. The highest BCUT2D eigenvalue weighted by Crippen LogP contribution is 2.37. The minimum atomic E-state index is -0.835. The van der Waals surface area contributed by atoms with Gasteiger partial charge < -0.3 is 14.3 Å². The molecular formula is C17H17NO6. The number of nitrogens with zero attached hydrogens (tertiary/aromatic N) is 1. The van der Waals surface area contributed by atoms with E-state index in [-0.39, 0.29) is 11.3 Å². The number of ether oxygens (including phenoxy) is 2. The van der Waals surface area contributed by atoms with Crippen molar-refractivity contribution < 1.29 is 28.8 Å². The Morgan fingerprint density at radius 2 is 1.92 bits per heavy atom. The average Bonchev–Trinajstić information content (AvgIpc) is 2.84. The molecule has 0 spiro atoms. The molecule has 0 bridgehead atoms. The number of hydrogen-bond donors (Lipinski definition) is 0. The summed E-state index contributed by atoms with van der Waals surface area (Å²) in [6.07, 6.45) is 1.49. The Labute approximate surface area is 138 Å². The first-order valence-corrected chi connectivity index (χ1v) is 7.46. The third-order valence-electron chi connectivity index (χ3n) is 4.02. The molecule has 0 fully saturated rings. The van der Waals surface area contributed by atoms with Gasteiger partial charge in [-0.3, -0.25) is 5.21 Å². The Morgan fingerprint density at radius 1 is 1.25 bits per heavy atom. The SMILES string of the molecule is COc1ccc([C@H]2CC(C)(C)O[N+]([O-])=C2C2=CC(=O)OC2=O)cc1. The number of benzene rings is 1. The van der Waals surface area contributed by atoms with Crippen molar-refractivity contribution in [3.8, 4) is 5.75 Å². The molecule has 0 amide bonds. The second-order valence-corrected chi connectivity index (χ2v) is 6.29. The molecule has 24 heavy (non-hydrogen) atoms. The molecule has 0 aliphatic carbocycles. The Hall–Kier alpha value is -2.83. The van der Waals surface area contributed by atoms with Gasteiger partial charge in [-0.15, -0.1) is 0 Å². The first-order valence-electron chi connectivity index (χ1n) is 7.46. The summed E-state index contributed by atoms with van der Waals surface area (Å²) in [6.45, 7) is 3.58. The molecule has 7 heteroatoms. The molecule has 3 rings (SSSR count). The zero-order chi connectivity index (χ0) is 17.5. The lowest BCUT2D eigenvalue weighted by Crippen LogP contribution is -2.43. The first kappa shape index (κ1) is 16.0. The van der Waals surface area contributed by atoms with Gasteiger partial charge >= 0.3 is 11.9 Å². The second kappa shape index (κ2) is 5.67. The molecule has 7 nitrogen and oxygen atoms in total. The minimum absolute atomic E-state index is 0.0636. The van der Waals surface area contributed by atoms with Crippen LogP contribution in [0.5, 0.6) is 5.75 Å². The fraction of sp³-hybridized carbons (Fsp3) is 0.353. The van der Waals surface area contributed by atoms with Gasteiger partial charge in [0.25, 0.3) is 5.71 Å². The maximum absolute atomic E-state index is 12.4. The van der Waals surface area contributed by atoms with Crippen molar-refractivity contribution in [3.63, 3.8) is 0 Å². The first-order chi connectivity index (χ1) is 11.3. The quantitative estimate of drug-likeness (QED) is 0.477. The maximum Gasteiger partial charge on any atom is 0.352 e. The number of methoxy groups -OCH3 is 1. The van der Waals surface area contributed by atoms with Crippen molar-refractivity contribution >= 4 is 17.7 Å². The molecule has 126 valence electrons. The van der Waals surface area contributed by atoms with E-state index in [1.165, 1.54) is 0 Å². The van der Waals surface area contributed by atoms with Crippen molar-refractivity contribution in [2.24, 2.45) is 0 Å². The summed E-state index contributed by atoms with van der Waals surface area (Å²) in [6, 6.07) is 7.19. The van der Waals surface area contributed by atoms with Crippen molar-refractivity contribution in [2.75, 3.05) is 7.11 Å². The van der Waals surface area contributed by atoms with Crippen LogP contribution in [0, 0.1) is 5.21 Å². The van der Waals surface area contributed by atoms with E-state index in [9.17, 15) is 14.8 Å². The Balaban J connectivity index is 2.09. The molecule has 0 aromatic heterocycles. The van der Waals surface area contributed by atoms with E-state index in [4.69, 9.17) is 9.57 Å². The molecule has 0 unspecified atom stereocenters. The standard InChI is InChI=1S/C17H17NO6/c1-17(2)9-13(10-4-6-11(22-3)7-5-10)15(18(21)24-17)12-8-14(19)23-16(12)20/h4-8,13H,9H2,1-3H3/t13-/m1/s1. The van der Waals surface area contributed by atoms with Gasteiger partial charge in [-0.25, -0.2) is 9.59 Å². The normalized spacial score (nSPS) is 22.8. The van der Waals surface area contributed by atoms with E-state index in [1.54, 1.807) is 33.1 Å². The lowest BCUT2D eigenvalue weighted by atomic mass is 9.81. The highest BCUT2D eigenvalue weighted by atomic mass is 16.9. The number of esters is 2. The predicted octanol–water partition coefficient (Wildman–Crippen LogP) is 1.85. The van der Waals surface area contributed by atoms with Gasteiger partial charge in [0.1, 0.15) is 11.3 Å². The van der Waals surface area contributed by atoms with Gasteiger partial charge in [-0.1, -0.05) is 12.1 Å². The van der Waals surface area contributed by atoms with Crippen molar-refractivity contribution in [1.29, 1.82) is 0 Å². The summed E-state index contributed by atoms with van der Waals surface area (Å²) in [5.41, 5.74) is 0.112. The smallest absolute Gasteiger partial charge is 0.352 e. The van der Waals surface area contributed by atoms with Crippen LogP contribution in [0.1, 0.15) is 31.7 Å². The monoisotopic (exact) mass is 331 g/mol. The predicted molar refractivity (Wildman–Crippen MR) is 83.3 cm³/mol. The van der Waals surface area contributed by atoms with E-state index in [0.717, 1.165) is 11.6 Å². The largest absolute Gasteiger partial charge is 0.497 e. The highest BCUT2D eigenvalue weighted by Gasteiger charge is 2.45. The van der Waals surface area contributed by atoms with Crippen LogP contribution < -0.4 is 4.74 Å². The summed E-state index contributed by atoms with van der Waals surface area (Å²) in [7, 11) is 1.56. The van der Waals surface area contributed by atoms with Crippen LogP contribution in [0.2, 0.25) is 0 Å². The molecule has 0 radical (unpaired) electrons. The van der Waals surface area contributed by atoms with E-state index in [2.05, 4.69) is 4.74 Å². The lowest BCUT2D eigenvalue weighted by Gasteiger charge is -2.36. The van der Waals surface area contributed by atoms with Crippen LogP contribution in [0.15, 0.2) is 35.9 Å². The fourth-order valence-electron chi connectivity index (χ4n) is 2.96. The zero-order valence-electron chi connectivity index (χ0n) is 13.6. The summed E-state index contributed by atoms with van der Waals surface area (Å²) >= 11 is 0. The summed E-state index contributed by atoms with van der Waals surface area (Å²) in [5.74, 6) is -1.35. The molecule has 2 aliphatic heterocycles. The molecular weight excluding hydrogens is 314 g/mol. The van der Waals surface area contributed by atoms with Crippen LogP contribution in [0.3, 0.4) is 0 Å². The fourth-order valence-corrected chi connectivity index (χ4v) is 2.96. The summed E-state index contributed by atoms with van der Waals surface area (Å²) < 4.78 is 9.66. The van der Waals surface area contributed by atoms with Gasteiger partial charge in [0.15, 0.2) is 0 Å². The molecule has 0 saturated carbocycles. The molecule has 1 atom stereocenters. The molecule has 1 aromatic rings. The van der Waals surface area contributed by atoms with Gasteiger partial charge in [0.2, 0.25) is 0 Å². The third kappa shape index (κ3) is 2.84. The third-order valence-corrected chi connectivity index (χ3v) is 4.02.